The van der Waals surface area contributed by atoms with Gasteiger partial charge in [-0.05, 0) is 36.8 Å². The predicted octanol–water partition coefficient (Wildman–Crippen LogP) is 1.74. The fourth-order valence-electron chi connectivity index (χ4n) is 1.16. The molecule has 0 aliphatic heterocycles. The summed E-state index contributed by atoms with van der Waals surface area (Å²) in [6.07, 6.45) is 7.08. The third-order valence-corrected chi connectivity index (χ3v) is 1.83. The minimum absolute atomic E-state index is 0.935. The molecule has 0 spiro atoms. The van der Waals surface area contributed by atoms with Gasteiger partial charge in [0.1, 0.15) is 0 Å². The molecule has 2 aliphatic rings. The number of rotatable bonds is 0. The lowest BCUT2D eigenvalue weighted by molar-refractivity contribution is 0.795. The van der Waals surface area contributed by atoms with Crippen molar-refractivity contribution in [2.75, 3.05) is 0 Å². The van der Waals surface area contributed by atoms with Crippen LogP contribution in [-0.2, 0) is 0 Å². The Morgan fingerprint density at radius 1 is 1.57 bits per heavy atom. The molecular formula is C7H8. The van der Waals surface area contributed by atoms with Gasteiger partial charge < -0.3 is 0 Å². The lowest BCUT2D eigenvalue weighted by atomic mass is 10.2. The Hall–Kier alpha value is -0.480. The maximum absolute atomic E-state index is 3.13. The zero-order valence-electron chi connectivity index (χ0n) is 4.22. The first-order valence-electron chi connectivity index (χ1n) is 2.88. The van der Waals surface area contributed by atoms with Crippen molar-refractivity contribution >= 4 is 0 Å². The summed E-state index contributed by atoms with van der Waals surface area (Å²) in [6, 6.07) is 0. The van der Waals surface area contributed by atoms with Gasteiger partial charge in [-0.15, -0.1) is 5.73 Å². The van der Waals surface area contributed by atoms with Gasteiger partial charge in [-0.3, -0.25) is 0 Å². The van der Waals surface area contributed by atoms with E-state index in [-0.39, 0.29) is 0 Å². The minimum Gasteiger partial charge on any atom is -0.129 e. The maximum Gasteiger partial charge on any atom is -0.0123 e. The third kappa shape index (κ3) is 0.436. The summed E-state index contributed by atoms with van der Waals surface area (Å²) in [4.78, 5) is 0. The Bertz CT molecular complexity index is 138. The van der Waals surface area contributed by atoms with Crippen molar-refractivity contribution < 1.29 is 0 Å². The van der Waals surface area contributed by atoms with Crippen LogP contribution < -0.4 is 0 Å². The first-order valence-corrected chi connectivity index (χ1v) is 2.88. The van der Waals surface area contributed by atoms with Crippen molar-refractivity contribution in [3.63, 3.8) is 0 Å². The van der Waals surface area contributed by atoms with E-state index in [1.54, 1.807) is 0 Å². The first kappa shape index (κ1) is 3.51. The second-order valence-corrected chi connectivity index (χ2v) is 2.43. The molecule has 7 heavy (non-hydrogen) atoms. The summed E-state index contributed by atoms with van der Waals surface area (Å²) in [7, 11) is 0. The number of fused-ring (bicyclic) bond motifs is 1. The number of hydrogen-bond acceptors (Lipinski definition) is 0. The fourth-order valence-corrected chi connectivity index (χ4v) is 1.16. The molecule has 0 nitrogen and oxygen atoms in total. The van der Waals surface area contributed by atoms with E-state index in [0.717, 1.165) is 11.8 Å². The number of allylic oxidation sites excluding steroid dienone is 1. The highest BCUT2D eigenvalue weighted by atomic mass is 14.4. The molecule has 1 fully saturated rings. The Balaban J connectivity index is 2.29. The summed E-state index contributed by atoms with van der Waals surface area (Å²) in [6.45, 7) is 0. The molecule has 0 aromatic rings. The average molecular weight is 92.1 g/mol. The van der Waals surface area contributed by atoms with Gasteiger partial charge in [0.25, 0.3) is 0 Å². The Morgan fingerprint density at radius 2 is 2.57 bits per heavy atom. The van der Waals surface area contributed by atoms with Crippen molar-refractivity contribution in [1.82, 2.24) is 0 Å². The van der Waals surface area contributed by atoms with E-state index in [9.17, 15) is 0 Å². The summed E-state index contributed by atoms with van der Waals surface area (Å²) in [5, 5.41) is 0. The highest BCUT2D eigenvalue weighted by Gasteiger charge is 2.34. The smallest absolute Gasteiger partial charge is 0.0123 e. The highest BCUT2D eigenvalue weighted by molar-refractivity contribution is 5.08. The molecule has 2 atom stereocenters. The van der Waals surface area contributed by atoms with Gasteiger partial charge in [0, 0.05) is 0 Å². The van der Waals surface area contributed by atoms with Gasteiger partial charge in [0.05, 0.1) is 0 Å². The van der Waals surface area contributed by atoms with Gasteiger partial charge in [-0.25, -0.2) is 0 Å². The molecule has 0 heteroatoms. The fraction of sp³-hybridized carbons (Fsp3) is 0.571. The van der Waals surface area contributed by atoms with Crippen molar-refractivity contribution in [2.45, 2.75) is 12.8 Å². The summed E-state index contributed by atoms with van der Waals surface area (Å²) >= 11 is 0. The van der Waals surface area contributed by atoms with Crippen LogP contribution in [0.25, 0.3) is 0 Å². The van der Waals surface area contributed by atoms with Gasteiger partial charge in [-0.1, -0.05) is 0 Å². The van der Waals surface area contributed by atoms with Crippen molar-refractivity contribution in [3.8, 4) is 0 Å². The molecule has 0 heterocycles. The summed E-state index contributed by atoms with van der Waals surface area (Å²) < 4.78 is 0. The van der Waals surface area contributed by atoms with E-state index < -0.39 is 0 Å². The van der Waals surface area contributed by atoms with E-state index in [4.69, 9.17) is 0 Å². The SMILES string of the molecule is C1=CCC2CC2C=1. The van der Waals surface area contributed by atoms with Crippen LogP contribution in [0.2, 0.25) is 0 Å². The molecule has 0 N–H and O–H groups in total. The second-order valence-electron chi connectivity index (χ2n) is 2.43. The summed E-state index contributed by atoms with van der Waals surface area (Å²) in [5.74, 6) is 1.96. The molecular weight excluding hydrogens is 84.1 g/mol. The predicted molar refractivity (Wildman–Crippen MR) is 28.9 cm³/mol. The maximum atomic E-state index is 3.13. The van der Waals surface area contributed by atoms with E-state index in [1.165, 1.54) is 12.8 Å². The quantitative estimate of drug-likeness (QED) is 0.399. The zero-order valence-corrected chi connectivity index (χ0v) is 4.22. The molecule has 0 saturated heterocycles. The minimum atomic E-state index is 0.935. The lowest BCUT2D eigenvalue weighted by Crippen LogP contribution is -1.77. The van der Waals surface area contributed by atoms with Crippen LogP contribution in [0, 0.1) is 11.8 Å². The van der Waals surface area contributed by atoms with E-state index in [0.29, 0.717) is 0 Å². The van der Waals surface area contributed by atoms with Crippen LogP contribution in [0.3, 0.4) is 0 Å². The molecule has 1 saturated carbocycles. The molecule has 0 aromatic carbocycles. The molecule has 2 aliphatic carbocycles. The van der Waals surface area contributed by atoms with Gasteiger partial charge in [-0.2, -0.15) is 0 Å². The Kier molecular flexibility index (Phi) is 0.511. The van der Waals surface area contributed by atoms with Crippen molar-refractivity contribution in [3.05, 3.63) is 17.9 Å². The van der Waals surface area contributed by atoms with E-state index in [2.05, 4.69) is 17.9 Å². The molecule has 0 amide bonds. The molecule has 0 bridgehead atoms. The van der Waals surface area contributed by atoms with Crippen molar-refractivity contribution in [2.24, 2.45) is 11.8 Å². The monoisotopic (exact) mass is 92.1 g/mol. The van der Waals surface area contributed by atoms with E-state index in [1.807, 2.05) is 0 Å². The van der Waals surface area contributed by atoms with Crippen LogP contribution in [0.5, 0.6) is 0 Å². The number of hydrogen-bond donors (Lipinski definition) is 0. The average Bonchev–Trinajstić information content (AvgIpc) is 2.41. The van der Waals surface area contributed by atoms with Crippen LogP contribution in [0.1, 0.15) is 12.8 Å². The molecule has 2 unspecified atom stereocenters. The van der Waals surface area contributed by atoms with Crippen LogP contribution >= 0.6 is 0 Å². The topological polar surface area (TPSA) is 0 Å². The Morgan fingerprint density at radius 3 is 3.14 bits per heavy atom. The second kappa shape index (κ2) is 1.02. The molecule has 0 aromatic heterocycles. The normalized spacial score (nSPS) is 43.4. The Labute approximate surface area is 43.5 Å². The van der Waals surface area contributed by atoms with Crippen LogP contribution in [0.15, 0.2) is 17.9 Å². The highest BCUT2D eigenvalue weighted by Crippen LogP contribution is 2.43. The third-order valence-electron chi connectivity index (χ3n) is 1.83. The lowest BCUT2D eigenvalue weighted by Gasteiger charge is -1.88. The summed E-state index contributed by atoms with van der Waals surface area (Å²) in [5.41, 5.74) is 3.13. The van der Waals surface area contributed by atoms with E-state index >= 15 is 0 Å². The molecule has 2 rings (SSSR count). The van der Waals surface area contributed by atoms with Gasteiger partial charge in [0.2, 0.25) is 0 Å². The van der Waals surface area contributed by atoms with Gasteiger partial charge >= 0.3 is 0 Å². The van der Waals surface area contributed by atoms with Gasteiger partial charge in [0.15, 0.2) is 0 Å². The largest absolute Gasteiger partial charge is 0.129 e. The molecule has 0 radical (unpaired) electrons. The van der Waals surface area contributed by atoms with Crippen LogP contribution in [0.4, 0.5) is 0 Å². The first-order chi connectivity index (χ1) is 3.47. The zero-order chi connectivity index (χ0) is 4.69. The molecule has 36 valence electrons. The van der Waals surface area contributed by atoms with Crippen LogP contribution in [-0.4, -0.2) is 0 Å². The van der Waals surface area contributed by atoms with Crippen molar-refractivity contribution in [1.29, 1.82) is 0 Å². The standard InChI is InChI=1S/C7H8/c1-2-4-7-5-6(7)3-1/h1,4,6-7H,3,5H2.